The van der Waals surface area contributed by atoms with Crippen LogP contribution < -0.4 is 0 Å². The molecule has 0 N–H and O–H groups in total. The van der Waals surface area contributed by atoms with E-state index in [1.807, 2.05) is 6.92 Å². The van der Waals surface area contributed by atoms with Gasteiger partial charge in [-0.1, -0.05) is 0 Å². The summed E-state index contributed by atoms with van der Waals surface area (Å²) in [5, 5.41) is 0. The van der Waals surface area contributed by atoms with Crippen molar-refractivity contribution in [1.29, 1.82) is 0 Å². The standard InChI is InChI=1S/C8H9FN/c1-5-4-8(9)7(3)10-6(5)2/h4H,1H2,2-3H3. The van der Waals surface area contributed by atoms with Gasteiger partial charge in [0.1, 0.15) is 5.82 Å². The maximum Gasteiger partial charge on any atom is 0.144 e. The molecule has 2 heteroatoms. The Balaban J connectivity index is 3.28. The molecule has 0 bridgehead atoms. The van der Waals surface area contributed by atoms with E-state index in [0.29, 0.717) is 11.3 Å². The summed E-state index contributed by atoms with van der Waals surface area (Å²) in [5.74, 6) is -0.282. The lowest BCUT2D eigenvalue weighted by Crippen LogP contribution is -1.93. The molecule has 10 heavy (non-hydrogen) atoms. The molecule has 1 aromatic rings. The van der Waals surface area contributed by atoms with Crippen molar-refractivity contribution >= 4 is 0 Å². The summed E-state index contributed by atoms with van der Waals surface area (Å²) < 4.78 is 12.7. The van der Waals surface area contributed by atoms with Crippen LogP contribution in [0.2, 0.25) is 0 Å². The van der Waals surface area contributed by atoms with Gasteiger partial charge in [-0.15, -0.1) is 0 Å². The fourth-order valence-corrected chi connectivity index (χ4v) is 0.739. The molecule has 0 spiro atoms. The van der Waals surface area contributed by atoms with Crippen LogP contribution in [0.3, 0.4) is 0 Å². The monoisotopic (exact) mass is 138 g/mol. The smallest absolute Gasteiger partial charge is 0.144 e. The molecule has 1 rings (SSSR count). The highest BCUT2D eigenvalue weighted by atomic mass is 19.1. The Morgan fingerprint density at radius 2 is 2.00 bits per heavy atom. The predicted molar refractivity (Wildman–Crippen MR) is 38.1 cm³/mol. The van der Waals surface area contributed by atoms with Crippen LogP contribution in [0, 0.1) is 26.6 Å². The van der Waals surface area contributed by atoms with E-state index in [0.717, 1.165) is 5.69 Å². The lowest BCUT2D eigenvalue weighted by Gasteiger charge is -2.00. The molecule has 1 nitrogen and oxygen atoms in total. The Morgan fingerprint density at radius 1 is 1.40 bits per heavy atom. The lowest BCUT2D eigenvalue weighted by atomic mass is 10.2. The van der Waals surface area contributed by atoms with Gasteiger partial charge in [0.25, 0.3) is 0 Å². The maximum absolute atomic E-state index is 12.7. The summed E-state index contributed by atoms with van der Waals surface area (Å²) >= 11 is 0. The van der Waals surface area contributed by atoms with Crippen molar-refractivity contribution < 1.29 is 4.39 Å². The molecule has 0 amide bonds. The van der Waals surface area contributed by atoms with Gasteiger partial charge >= 0.3 is 0 Å². The van der Waals surface area contributed by atoms with Crippen LogP contribution in [0.4, 0.5) is 4.39 Å². The zero-order valence-corrected chi connectivity index (χ0v) is 6.11. The van der Waals surface area contributed by atoms with Crippen molar-refractivity contribution in [2.24, 2.45) is 0 Å². The molecule has 1 heterocycles. The number of nitrogens with zero attached hydrogens (tertiary/aromatic N) is 1. The van der Waals surface area contributed by atoms with Crippen LogP contribution in [0.5, 0.6) is 0 Å². The van der Waals surface area contributed by atoms with Gasteiger partial charge in [0.2, 0.25) is 0 Å². The molecule has 0 aliphatic heterocycles. The highest BCUT2D eigenvalue weighted by Crippen LogP contribution is 2.08. The van der Waals surface area contributed by atoms with Gasteiger partial charge in [-0.2, -0.15) is 0 Å². The number of aryl methyl sites for hydroxylation is 2. The van der Waals surface area contributed by atoms with Crippen molar-refractivity contribution in [3.05, 3.63) is 35.8 Å². The third-order valence-electron chi connectivity index (χ3n) is 1.45. The van der Waals surface area contributed by atoms with Crippen LogP contribution in [-0.2, 0) is 0 Å². The molecule has 0 atom stereocenters. The van der Waals surface area contributed by atoms with E-state index >= 15 is 0 Å². The Kier molecular flexibility index (Phi) is 1.70. The number of rotatable bonds is 0. The molecular weight excluding hydrogens is 129 g/mol. The average molecular weight is 138 g/mol. The van der Waals surface area contributed by atoms with Gasteiger partial charge in [-0.3, -0.25) is 4.98 Å². The molecule has 0 saturated heterocycles. The first-order chi connectivity index (χ1) is 4.61. The second kappa shape index (κ2) is 2.37. The first kappa shape index (κ1) is 7.19. The summed E-state index contributed by atoms with van der Waals surface area (Å²) in [6.07, 6.45) is 0. The van der Waals surface area contributed by atoms with Gasteiger partial charge in [-0.25, -0.2) is 4.39 Å². The second-order valence-corrected chi connectivity index (χ2v) is 2.30. The lowest BCUT2D eigenvalue weighted by molar-refractivity contribution is 0.607. The summed E-state index contributed by atoms with van der Waals surface area (Å²) in [7, 11) is 0. The van der Waals surface area contributed by atoms with E-state index in [2.05, 4.69) is 11.9 Å². The molecule has 0 saturated carbocycles. The first-order valence-corrected chi connectivity index (χ1v) is 3.07. The quantitative estimate of drug-likeness (QED) is 0.534. The Bertz CT molecular complexity index is 205. The summed E-state index contributed by atoms with van der Waals surface area (Å²) in [5.41, 5.74) is 1.88. The fourth-order valence-electron chi connectivity index (χ4n) is 0.739. The fraction of sp³-hybridized carbons (Fsp3) is 0.250. The van der Waals surface area contributed by atoms with Crippen molar-refractivity contribution in [3.8, 4) is 0 Å². The van der Waals surface area contributed by atoms with Crippen LogP contribution >= 0.6 is 0 Å². The van der Waals surface area contributed by atoms with E-state index in [1.165, 1.54) is 6.07 Å². The van der Waals surface area contributed by atoms with Crippen LogP contribution in [0.15, 0.2) is 6.07 Å². The largest absolute Gasteiger partial charge is 0.255 e. The third-order valence-corrected chi connectivity index (χ3v) is 1.45. The summed E-state index contributed by atoms with van der Waals surface area (Å²) in [6.45, 7) is 7.07. The van der Waals surface area contributed by atoms with Gasteiger partial charge in [0, 0.05) is 5.69 Å². The van der Waals surface area contributed by atoms with Crippen LogP contribution in [-0.4, -0.2) is 4.98 Å². The topological polar surface area (TPSA) is 12.9 Å². The minimum Gasteiger partial charge on any atom is -0.255 e. The zero-order valence-electron chi connectivity index (χ0n) is 6.11. The van der Waals surface area contributed by atoms with E-state index in [1.54, 1.807) is 6.92 Å². The van der Waals surface area contributed by atoms with Gasteiger partial charge in [0.15, 0.2) is 0 Å². The van der Waals surface area contributed by atoms with Gasteiger partial charge in [-0.05, 0) is 32.4 Å². The normalized spacial score (nSPS) is 10.0. The zero-order chi connectivity index (χ0) is 7.72. The molecule has 0 aliphatic carbocycles. The van der Waals surface area contributed by atoms with Crippen LogP contribution in [0.25, 0.3) is 0 Å². The number of aromatic nitrogens is 1. The molecule has 53 valence electrons. The van der Waals surface area contributed by atoms with Gasteiger partial charge < -0.3 is 0 Å². The average Bonchev–Trinajstić information content (AvgIpc) is 1.84. The van der Waals surface area contributed by atoms with E-state index in [9.17, 15) is 4.39 Å². The molecule has 0 aliphatic rings. The minimum absolute atomic E-state index is 0.282. The molecule has 1 radical (unpaired) electrons. The second-order valence-electron chi connectivity index (χ2n) is 2.30. The van der Waals surface area contributed by atoms with Crippen molar-refractivity contribution in [1.82, 2.24) is 4.98 Å². The SMILES string of the molecule is [CH2]c1cc(F)c(C)nc1C. The van der Waals surface area contributed by atoms with Crippen molar-refractivity contribution in [3.63, 3.8) is 0 Å². The molecule has 0 aromatic carbocycles. The Labute approximate surface area is 59.9 Å². The van der Waals surface area contributed by atoms with E-state index in [-0.39, 0.29) is 5.82 Å². The first-order valence-electron chi connectivity index (χ1n) is 3.07. The predicted octanol–water partition coefficient (Wildman–Crippen LogP) is 2.02. The molecule has 1 aromatic heterocycles. The Hall–Kier alpha value is -0.920. The maximum atomic E-state index is 12.7. The van der Waals surface area contributed by atoms with Crippen molar-refractivity contribution in [2.75, 3.05) is 0 Å². The molecule has 0 fully saturated rings. The van der Waals surface area contributed by atoms with E-state index < -0.39 is 0 Å². The minimum atomic E-state index is -0.282. The number of halogens is 1. The molecule has 0 unspecified atom stereocenters. The van der Waals surface area contributed by atoms with Crippen LogP contribution in [0.1, 0.15) is 17.0 Å². The Morgan fingerprint density at radius 3 is 2.50 bits per heavy atom. The van der Waals surface area contributed by atoms with E-state index in [4.69, 9.17) is 0 Å². The van der Waals surface area contributed by atoms with Crippen molar-refractivity contribution in [2.45, 2.75) is 13.8 Å². The summed E-state index contributed by atoms with van der Waals surface area (Å²) in [4.78, 5) is 3.94. The number of hydrogen-bond donors (Lipinski definition) is 0. The highest BCUT2D eigenvalue weighted by Gasteiger charge is 2.00. The summed E-state index contributed by atoms with van der Waals surface area (Å²) in [6, 6.07) is 1.40. The molecular formula is C8H9FN. The highest BCUT2D eigenvalue weighted by molar-refractivity contribution is 5.25. The van der Waals surface area contributed by atoms with Gasteiger partial charge in [0.05, 0.1) is 5.69 Å². The number of pyridine rings is 1. The third kappa shape index (κ3) is 1.15. The number of hydrogen-bond acceptors (Lipinski definition) is 1.